The first-order valence-electron chi connectivity index (χ1n) is 4.61. The van der Waals surface area contributed by atoms with E-state index in [2.05, 4.69) is 5.16 Å². The van der Waals surface area contributed by atoms with Crippen LogP contribution in [0.3, 0.4) is 0 Å². The van der Waals surface area contributed by atoms with Gasteiger partial charge in [0.1, 0.15) is 5.75 Å². The Morgan fingerprint density at radius 2 is 2.21 bits per heavy atom. The Bertz CT molecular complexity index is 345. The summed E-state index contributed by atoms with van der Waals surface area (Å²) >= 11 is 0. The lowest BCUT2D eigenvalue weighted by Gasteiger charge is -2.09. The molecule has 0 aromatic heterocycles. The van der Waals surface area contributed by atoms with Crippen LogP contribution in [-0.2, 0) is 0 Å². The summed E-state index contributed by atoms with van der Waals surface area (Å²) in [5.74, 6) is 0.758. The van der Waals surface area contributed by atoms with Gasteiger partial charge in [-0.05, 0) is 32.9 Å². The van der Waals surface area contributed by atoms with Crippen LogP contribution in [0.4, 0.5) is 0 Å². The van der Waals surface area contributed by atoms with Gasteiger partial charge in [0, 0.05) is 5.56 Å². The Labute approximate surface area is 84.0 Å². The minimum absolute atomic E-state index is 0.567. The van der Waals surface area contributed by atoms with Crippen molar-refractivity contribution in [1.82, 2.24) is 0 Å². The predicted molar refractivity (Wildman–Crippen MR) is 56.3 cm³/mol. The molecule has 0 aliphatic heterocycles. The summed E-state index contributed by atoms with van der Waals surface area (Å²) < 4.78 is 5.42. The van der Waals surface area contributed by atoms with Crippen molar-refractivity contribution in [2.75, 3.05) is 6.61 Å². The third-order valence-electron chi connectivity index (χ3n) is 1.97. The number of aryl methyl sites for hydroxylation is 1. The minimum atomic E-state index is 0.567. The number of nitrogens with zero attached hydrogens (tertiary/aromatic N) is 1. The maximum atomic E-state index is 8.70. The Morgan fingerprint density at radius 1 is 1.50 bits per heavy atom. The van der Waals surface area contributed by atoms with Gasteiger partial charge in [-0.3, -0.25) is 0 Å². The first-order chi connectivity index (χ1) is 6.69. The van der Waals surface area contributed by atoms with E-state index >= 15 is 0 Å². The van der Waals surface area contributed by atoms with Crippen molar-refractivity contribution >= 4 is 5.71 Å². The predicted octanol–water partition coefficient (Wildman–Crippen LogP) is 2.59. The summed E-state index contributed by atoms with van der Waals surface area (Å²) in [5.41, 5.74) is 2.53. The average molecular weight is 193 g/mol. The second-order valence-electron chi connectivity index (χ2n) is 3.12. The highest BCUT2D eigenvalue weighted by Gasteiger charge is 2.06. The van der Waals surface area contributed by atoms with Gasteiger partial charge in [-0.15, -0.1) is 0 Å². The van der Waals surface area contributed by atoms with E-state index in [1.165, 1.54) is 0 Å². The normalized spacial score (nSPS) is 11.5. The van der Waals surface area contributed by atoms with Gasteiger partial charge in [0.2, 0.25) is 0 Å². The van der Waals surface area contributed by atoms with Crippen molar-refractivity contribution in [3.63, 3.8) is 0 Å². The van der Waals surface area contributed by atoms with E-state index in [0.717, 1.165) is 16.9 Å². The molecule has 76 valence electrons. The number of hydrogen-bond acceptors (Lipinski definition) is 3. The third-order valence-corrected chi connectivity index (χ3v) is 1.97. The summed E-state index contributed by atoms with van der Waals surface area (Å²) in [6, 6.07) is 5.81. The fraction of sp³-hybridized carbons (Fsp3) is 0.364. The van der Waals surface area contributed by atoms with E-state index in [9.17, 15) is 0 Å². The number of oxime groups is 1. The molecule has 0 radical (unpaired) electrons. The minimum Gasteiger partial charge on any atom is -0.493 e. The summed E-state index contributed by atoms with van der Waals surface area (Å²) in [7, 11) is 0. The van der Waals surface area contributed by atoms with E-state index in [0.29, 0.717) is 12.3 Å². The van der Waals surface area contributed by atoms with Gasteiger partial charge >= 0.3 is 0 Å². The molecule has 0 atom stereocenters. The van der Waals surface area contributed by atoms with Crippen molar-refractivity contribution in [3.8, 4) is 5.75 Å². The van der Waals surface area contributed by atoms with Crippen molar-refractivity contribution in [1.29, 1.82) is 0 Å². The summed E-state index contributed by atoms with van der Waals surface area (Å²) in [5, 5.41) is 11.9. The molecule has 3 heteroatoms. The van der Waals surface area contributed by atoms with E-state index in [1.54, 1.807) is 6.92 Å². The second-order valence-corrected chi connectivity index (χ2v) is 3.12. The molecule has 1 rings (SSSR count). The Hall–Kier alpha value is -1.51. The number of benzene rings is 1. The molecule has 0 saturated heterocycles. The molecule has 0 spiro atoms. The Morgan fingerprint density at radius 3 is 2.79 bits per heavy atom. The van der Waals surface area contributed by atoms with Gasteiger partial charge < -0.3 is 9.94 Å². The summed E-state index contributed by atoms with van der Waals surface area (Å²) in [6.07, 6.45) is 0. The Balaban J connectivity index is 3.15. The molecular weight excluding hydrogens is 178 g/mol. The lowest BCUT2D eigenvalue weighted by molar-refractivity contribution is 0.317. The van der Waals surface area contributed by atoms with Crippen LogP contribution in [-0.4, -0.2) is 17.5 Å². The molecule has 0 unspecified atom stereocenters. The van der Waals surface area contributed by atoms with Crippen LogP contribution in [0.5, 0.6) is 5.75 Å². The molecule has 14 heavy (non-hydrogen) atoms. The molecule has 1 aromatic carbocycles. The largest absolute Gasteiger partial charge is 0.493 e. The van der Waals surface area contributed by atoms with E-state index < -0.39 is 0 Å². The smallest absolute Gasteiger partial charge is 0.128 e. The lowest BCUT2D eigenvalue weighted by Crippen LogP contribution is -2.02. The van der Waals surface area contributed by atoms with Gasteiger partial charge in [0.05, 0.1) is 12.3 Å². The molecule has 3 nitrogen and oxygen atoms in total. The van der Waals surface area contributed by atoms with Gasteiger partial charge in [-0.25, -0.2) is 0 Å². The van der Waals surface area contributed by atoms with Gasteiger partial charge in [-0.2, -0.15) is 0 Å². The zero-order chi connectivity index (χ0) is 10.6. The molecule has 0 fully saturated rings. The molecule has 0 amide bonds. The van der Waals surface area contributed by atoms with E-state index in [-0.39, 0.29) is 0 Å². The second kappa shape index (κ2) is 4.65. The zero-order valence-electron chi connectivity index (χ0n) is 8.74. The van der Waals surface area contributed by atoms with Crippen LogP contribution in [0.15, 0.2) is 23.4 Å². The summed E-state index contributed by atoms with van der Waals surface area (Å²) in [6.45, 7) is 6.27. The first kappa shape index (κ1) is 10.6. The van der Waals surface area contributed by atoms with Crippen LogP contribution in [0.2, 0.25) is 0 Å². The maximum Gasteiger partial charge on any atom is 0.128 e. The standard InChI is InChI=1S/C11H15NO2/c1-4-14-11-6-5-8(2)7-10(11)9(3)12-13/h5-7,13H,4H2,1-3H3/b12-9+. The van der Waals surface area contributed by atoms with E-state index in [4.69, 9.17) is 9.94 Å². The van der Waals surface area contributed by atoms with Crippen LogP contribution < -0.4 is 4.74 Å². The Kier molecular flexibility index (Phi) is 3.51. The quantitative estimate of drug-likeness (QED) is 0.455. The first-order valence-corrected chi connectivity index (χ1v) is 4.61. The van der Waals surface area contributed by atoms with Crippen molar-refractivity contribution < 1.29 is 9.94 Å². The fourth-order valence-corrected chi connectivity index (χ4v) is 1.26. The van der Waals surface area contributed by atoms with Crippen molar-refractivity contribution in [3.05, 3.63) is 29.3 Å². The van der Waals surface area contributed by atoms with Crippen LogP contribution in [0.25, 0.3) is 0 Å². The highest BCUT2D eigenvalue weighted by Crippen LogP contribution is 2.20. The highest BCUT2D eigenvalue weighted by atomic mass is 16.5. The zero-order valence-corrected chi connectivity index (χ0v) is 8.74. The average Bonchev–Trinajstić information content (AvgIpc) is 2.20. The molecule has 1 aromatic rings. The van der Waals surface area contributed by atoms with Crippen molar-refractivity contribution in [2.24, 2.45) is 5.16 Å². The SMILES string of the molecule is CCOc1ccc(C)cc1/C(C)=N/O. The molecule has 0 bridgehead atoms. The molecule has 0 saturated carbocycles. The highest BCUT2D eigenvalue weighted by molar-refractivity contribution is 6.00. The molecular formula is C11H15NO2. The van der Waals surface area contributed by atoms with Gasteiger partial charge in [0.15, 0.2) is 0 Å². The third kappa shape index (κ3) is 2.25. The molecule has 0 aliphatic rings. The number of hydrogen-bond donors (Lipinski definition) is 1. The molecule has 0 heterocycles. The fourth-order valence-electron chi connectivity index (χ4n) is 1.26. The van der Waals surface area contributed by atoms with Gasteiger partial charge in [-0.1, -0.05) is 16.8 Å². The topological polar surface area (TPSA) is 41.8 Å². The van der Waals surface area contributed by atoms with Crippen LogP contribution in [0.1, 0.15) is 25.0 Å². The number of rotatable bonds is 3. The van der Waals surface area contributed by atoms with Crippen LogP contribution >= 0.6 is 0 Å². The molecule has 0 aliphatic carbocycles. The summed E-state index contributed by atoms with van der Waals surface area (Å²) in [4.78, 5) is 0. The molecule has 1 N–H and O–H groups in total. The lowest BCUT2D eigenvalue weighted by atomic mass is 10.1. The van der Waals surface area contributed by atoms with Crippen LogP contribution in [0, 0.1) is 6.92 Å². The van der Waals surface area contributed by atoms with Gasteiger partial charge in [0.25, 0.3) is 0 Å². The monoisotopic (exact) mass is 193 g/mol. The number of ether oxygens (including phenoxy) is 1. The van der Waals surface area contributed by atoms with Crippen molar-refractivity contribution in [2.45, 2.75) is 20.8 Å². The van der Waals surface area contributed by atoms with E-state index in [1.807, 2.05) is 32.0 Å². The maximum absolute atomic E-state index is 8.70.